The molecule has 1 amide bonds. The molecule has 2 heterocycles. The highest BCUT2D eigenvalue weighted by Crippen LogP contribution is 2.43. The van der Waals surface area contributed by atoms with Crippen molar-refractivity contribution in [3.63, 3.8) is 0 Å². The molecule has 1 aromatic carbocycles. The first-order valence-electron chi connectivity index (χ1n) is 7.96. The molecule has 3 aliphatic rings. The molecule has 4 rings (SSSR count). The molecule has 0 radical (unpaired) electrons. The van der Waals surface area contributed by atoms with Crippen molar-refractivity contribution in [3.8, 4) is 5.75 Å². The number of amides is 1. The molecule has 112 valence electrons. The maximum Gasteiger partial charge on any atom is 0.224 e. The average molecular weight is 287 g/mol. The maximum absolute atomic E-state index is 11.5. The van der Waals surface area contributed by atoms with E-state index in [0.717, 1.165) is 37.3 Å². The summed E-state index contributed by atoms with van der Waals surface area (Å²) in [4.78, 5) is 11.5. The lowest BCUT2D eigenvalue weighted by molar-refractivity contribution is -0.153. The summed E-state index contributed by atoms with van der Waals surface area (Å²) in [5, 5.41) is 2.93. The Hall–Kier alpha value is -1.55. The highest BCUT2D eigenvalue weighted by atomic mass is 16.5. The predicted molar refractivity (Wildman–Crippen MR) is 79.6 cm³/mol. The van der Waals surface area contributed by atoms with Crippen molar-refractivity contribution >= 4 is 11.6 Å². The smallest absolute Gasteiger partial charge is 0.224 e. The fourth-order valence-corrected chi connectivity index (χ4v) is 3.62. The van der Waals surface area contributed by atoms with E-state index >= 15 is 0 Å². The van der Waals surface area contributed by atoms with Crippen LogP contribution < -0.4 is 10.1 Å². The van der Waals surface area contributed by atoms with Crippen LogP contribution in [-0.4, -0.2) is 24.2 Å². The standard InChI is InChI=1S/C17H21NO3/c19-16-5-3-12-2-4-13(10-15(12)18-16)21-14-6-9-20-17(11-14)7-1-8-17/h2,4,10,14H,1,3,5-9,11H2,(H,18,19). The van der Waals surface area contributed by atoms with Crippen LogP contribution >= 0.6 is 0 Å². The summed E-state index contributed by atoms with van der Waals surface area (Å²) in [6.07, 6.45) is 7.20. The van der Waals surface area contributed by atoms with Crippen LogP contribution in [0.15, 0.2) is 18.2 Å². The maximum atomic E-state index is 11.5. The van der Waals surface area contributed by atoms with Crippen LogP contribution in [0.1, 0.15) is 44.1 Å². The molecule has 21 heavy (non-hydrogen) atoms. The molecule has 0 aromatic heterocycles. The van der Waals surface area contributed by atoms with Gasteiger partial charge in [0.05, 0.1) is 12.2 Å². The zero-order chi connectivity index (χ0) is 14.3. The first-order valence-corrected chi connectivity index (χ1v) is 7.96. The van der Waals surface area contributed by atoms with Crippen LogP contribution in [0.4, 0.5) is 5.69 Å². The van der Waals surface area contributed by atoms with Gasteiger partial charge in [0.15, 0.2) is 0 Å². The van der Waals surface area contributed by atoms with Crippen molar-refractivity contribution in [2.24, 2.45) is 0 Å². The van der Waals surface area contributed by atoms with Gasteiger partial charge in [-0.2, -0.15) is 0 Å². The minimum Gasteiger partial charge on any atom is -0.490 e. The Kier molecular flexibility index (Phi) is 3.14. The second-order valence-corrected chi connectivity index (χ2v) is 6.48. The van der Waals surface area contributed by atoms with Crippen LogP contribution in [0.2, 0.25) is 0 Å². The van der Waals surface area contributed by atoms with Crippen molar-refractivity contribution in [2.75, 3.05) is 11.9 Å². The summed E-state index contributed by atoms with van der Waals surface area (Å²) >= 11 is 0. The minimum atomic E-state index is 0.0964. The second kappa shape index (κ2) is 5.02. The molecule has 1 aliphatic carbocycles. The highest BCUT2D eigenvalue weighted by molar-refractivity contribution is 5.94. The van der Waals surface area contributed by atoms with Crippen LogP contribution in [-0.2, 0) is 16.0 Å². The zero-order valence-electron chi connectivity index (χ0n) is 12.2. The number of ether oxygens (including phenoxy) is 2. The Bertz CT molecular complexity index is 565. The van der Waals surface area contributed by atoms with E-state index in [0.29, 0.717) is 6.42 Å². The highest BCUT2D eigenvalue weighted by Gasteiger charge is 2.43. The average Bonchev–Trinajstić information content (AvgIpc) is 2.45. The van der Waals surface area contributed by atoms with Gasteiger partial charge in [-0.25, -0.2) is 0 Å². The summed E-state index contributed by atoms with van der Waals surface area (Å²) in [6.45, 7) is 0.798. The lowest BCUT2D eigenvalue weighted by atomic mass is 9.74. The van der Waals surface area contributed by atoms with E-state index in [9.17, 15) is 4.79 Å². The summed E-state index contributed by atoms with van der Waals surface area (Å²) < 4.78 is 12.1. The van der Waals surface area contributed by atoms with Gasteiger partial charge in [0, 0.05) is 31.0 Å². The molecule has 0 bridgehead atoms. The Morgan fingerprint density at radius 1 is 1.29 bits per heavy atom. The number of fused-ring (bicyclic) bond motifs is 1. The van der Waals surface area contributed by atoms with Gasteiger partial charge in [-0.05, 0) is 37.3 Å². The largest absolute Gasteiger partial charge is 0.490 e. The van der Waals surface area contributed by atoms with E-state index in [1.54, 1.807) is 0 Å². The number of benzene rings is 1. The van der Waals surface area contributed by atoms with E-state index in [4.69, 9.17) is 9.47 Å². The molecular weight excluding hydrogens is 266 g/mol. The molecule has 2 fully saturated rings. The van der Waals surface area contributed by atoms with Crippen LogP contribution in [0, 0.1) is 0 Å². The summed E-state index contributed by atoms with van der Waals surface area (Å²) in [5.74, 6) is 0.955. The molecule has 2 aliphatic heterocycles. The van der Waals surface area contributed by atoms with E-state index in [2.05, 4.69) is 11.4 Å². The Labute approximate surface area is 124 Å². The Morgan fingerprint density at radius 2 is 2.19 bits per heavy atom. The zero-order valence-corrected chi connectivity index (χ0v) is 12.2. The number of anilines is 1. The van der Waals surface area contributed by atoms with E-state index in [1.807, 2.05) is 12.1 Å². The lowest BCUT2D eigenvalue weighted by Gasteiger charge is -2.46. The molecule has 1 atom stereocenters. The topological polar surface area (TPSA) is 47.6 Å². The molecule has 1 unspecified atom stereocenters. The SMILES string of the molecule is O=C1CCc2ccc(OC3CCOC4(CCC4)C3)cc2N1. The number of hydrogen-bond acceptors (Lipinski definition) is 3. The fraction of sp³-hybridized carbons (Fsp3) is 0.588. The number of aryl methyl sites for hydroxylation is 1. The number of carbonyl (C=O) groups is 1. The van der Waals surface area contributed by atoms with Crippen LogP contribution in [0.5, 0.6) is 5.75 Å². The Balaban J connectivity index is 1.47. The van der Waals surface area contributed by atoms with Gasteiger partial charge in [0.2, 0.25) is 5.91 Å². The third kappa shape index (κ3) is 2.53. The molecule has 1 N–H and O–H groups in total. The van der Waals surface area contributed by atoms with Gasteiger partial charge in [-0.1, -0.05) is 6.07 Å². The summed E-state index contributed by atoms with van der Waals surface area (Å²) in [5.41, 5.74) is 2.21. The number of carbonyl (C=O) groups excluding carboxylic acids is 1. The van der Waals surface area contributed by atoms with Gasteiger partial charge < -0.3 is 14.8 Å². The third-order valence-electron chi connectivity index (χ3n) is 4.99. The molecule has 4 heteroatoms. The fourth-order valence-electron chi connectivity index (χ4n) is 3.62. The van der Waals surface area contributed by atoms with Crippen molar-refractivity contribution in [2.45, 2.75) is 56.7 Å². The summed E-state index contributed by atoms with van der Waals surface area (Å²) in [7, 11) is 0. The monoisotopic (exact) mass is 287 g/mol. The molecular formula is C17H21NO3. The third-order valence-corrected chi connectivity index (χ3v) is 4.99. The normalized spacial score (nSPS) is 26.7. The van der Waals surface area contributed by atoms with Gasteiger partial charge in [0.1, 0.15) is 11.9 Å². The number of nitrogens with one attached hydrogen (secondary N) is 1. The van der Waals surface area contributed by atoms with Crippen molar-refractivity contribution in [1.82, 2.24) is 0 Å². The molecule has 1 saturated carbocycles. The molecule has 1 aromatic rings. The van der Waals surface area contributed by atoms with Crippen molar-refractivity contribution in [1.29, 1.82) is 0 Å². The lowest BCUT2D eigenvalue weighted by Crippen LogP contribution is -2.48. The van der Waals surface area contributed by atoms with Crippen molar-refractivity contribution in [3.05, 3.63) is 23.8 Å². The van der Waals surface area contributed by atoms with Gasteiger partial charge in [0.25, 0.3) is 0 Å². The van der Waals surface area contributed by atoms with Gasteiger partial charge in [-0.3, -0.25) is 4.79 Å². The van der Waals surface area contributed by atoms with Crippen LogP contribution in [0.25, 0.3) is 0 Å². The number of rotatable bonds is 2. The quantitative estimate of drug-likeness (QED) is 0.909. The molecule has 4 nitrogen and oxygen atoms in total. The van der Waals surface area contributed by atoms with Gasteiger partial charge in [-0.15, -0.1) is 0 Å². The Morgan fingerprint density at radius 3 is 3.00 bits per heavy atom. The molecule has 1 spiro atoms. The first-order chi connectivity index (χ1) is 10.2. The minimum absolute atomic E-state index is 0.0964. The van der Waals surface area contributed by atoms with Crippen LogP contribution in [0.3, 0.4) is 0 Å². The predicted octanol–water partition coefficient (Wildman–Crippen LogP) is 3.05. The van der Waals surface area contributed by atoms with Gasteiger partial charge >= 0.3 is 0 Å². The first kappa shape index (κ1) is 13.1. The second-order valence-electron chi connectivity index (χ2n) is 6.48. The van der Waals surface area contributed by atoms with Crippen molar-refractivity contribution < 1.29 is 14.3 Å². The van der Waals surface area contributed by atoms with E-state index in [1.165, 1.54) is 24.8 Å². The summed E-state index contributed by atoms with van der Waals surface area (Å²) in [6, 6.07) is 6.07. The number of hydrogen-bond donors (Lipinski definition) is 1. The molecule has 1 saturated heterocycles. The van der Waals surface area contributed by atoms with E-state index < -0.39 is 0 Å². The van der Waals surface area contributed by atoms with E-state index in [-0.39, 0.29) is 17.6 Å².